The summed E-state index contributed by atoms with van der Waals surface area (Å²) in [6.07, 6.45) is 2.61. The molecule has 0 unspecified atom stereocenters. The molecule has 0 spiro atoms. The number of H-pyrrole nitrogens is 1. The number of halogens is 1. The number of aromatic nitrogens is 3. The third kappa shape index (κ3) is 4.19. The van der Waals surface area contributed by atoms with Gasteiger partial charge in [0.1, 0.15) is 11.5 Å². The Hall–Kier alpha value is -2.80. The average molecular weight is 359 g/mol. The van der Waals surface area contributed by atoms with Gasteiger partial charge in [0.05, 0.1) is 5.39 Å². The highest BCUT2D eigenvalue weighted by atomic mass is 35.5. The molecule has 0 bridgehead atoms. The van der Waals surface area contributed by atoms with Crippen molar-refractivity contribution in [2.24, 2.45) is 0 Å². The van der Waals surface area contributed by atoms with Gasteiger partial charge in [-0.3, -0.25) is 0 Å². The smallest absolute Gasteiger partial charge is 0.314 e. The largest absolute Gasteiger partial charge is 0.369 e. The van der Waals surface area contributed by atoms with Crippen molar-refractivity contribution in [3.8, 4) is 11.4 Å². The first kappa shape index (κ1) is 17.0. The summed E-state index contributed by atoms with van der Waals surface area (Å²) in [5.41, 5.74) is 1.66. The molecule has 25 heavy (non-hydrogen) atoms. The molecule has 2 heterocycles. The highest BCUT2D eigenvalue weighted by molar-refractivity contribution is 6.30. The van der Waals surface area contributed by atoms with Crippen LogP contribution < -0.4 is 16.0 Å². The van der Waals surface area contributed by atoms with Crippen LogP contribution in [0, 0.1) is 0 Å². The van der Waals surface area contributed by atoms with Crippen molar-refractivity contribution >= 4 is 34.5 Å². The maximum Gasteiger partial charge on any atom is 0.314 e. The first-order valence-electron chi connectivity index (χ1n) is 7.98. The van der Waals surface area contributed by atoms with E-state index in [4.69, 9.17) is 11.6 Å². The monoisotopic (exact) mass is 358 g/mol. The van der Waals surface area contributed by atoms with E-state index in [-0.39, 0.29) is 6.03 Å². The lowest BCUT2D eigenvalue weighted by molar-refractivity contribution is 0.243. The topological polar surface area (TPSA) is 94.7 Å². The number of hydrogen-bond donors (Lipinski definition) is 4. The van der Waals surface area contributed by atoms with E-state index in [9.17, 15) is 4.79 Å². The van der Waals surface area contributed by atoms with Crippen molar-refractivity contribution in [3.63, 3.8) is 0 Å². The van der Waals surface area contributed by atoms with E-state index in [1.807, 2.05) is 36.5 Å². The zero-order chi connectivity index (χ0) is 17.6. The van der Waals surface area contributed by atoms with Gasteiger partial charge in [-0.25, -0.2) is 14.8 Å². The van der Waals surface area contributed by atoms with Gasteiger partial charge < -0.3 is 20.9 Å². The Labute approximate surface area is 150 Å². The fourth-order valence-corrected chi connectivity index (χ4v) is 2.52. The zero-order valence-electron chi connectivity index (χ0n) is 13.8. The van der Waals surface area contributed by atoms with Gasteiger partial charge >= 0.3 is 6.03 Å². The molecular formula is C17H19ClN6O. The minimum atomic E-state index is -0.180. The molecule has 8 heteroatoms. The first-order chi connectivity index (χ1) is 12.2. The van der Waals surface area contributed by atoms with Crippen molar-refractivity contribution in [1.82, 2.24) is 25.6 Å². The molecule has 3 rings (SSSR count). The normalized spacial score (nSPS) is 10.6. The van der Waals surface area contributed by atoms with E-state index in [0.717, 1.165) is 28.8 Å². The SMILES string of the molecule is CNC(=O)NCCCNc1nc(-c2ccc(Cl)cc2)nc2[nH]ccc12. The Balaban J connectivity index is 1.74. The second-order valence-electron chi connectivity index (χ2n) is 5.43. The average Bonchev–Trinajstić information content (AvgIpc) is 3.10. The molecule has 7 nitrogen and oxygen atoms in total. The summed E-state index contributed by atoms with van der Waals surface area (Å²) >= 11 is 5.95. The molecule has 2 aromatic heterocycles. The molecule has 2 amide bonds. The van der Waals surface area contributed by atoms with Crippen LogP contribution in [0.5, 0.6) is 0 Å². The molecule has 130 valence electrons. The number of rotatable bonds is 6. The number of anilines is 1. The van der Waals surface area contributed by atoms with Gasteiger partial charge in [-0.15, -0.1) is 0 Å². The summed E-state index contributed by atoms with van der Waals surface area (Å²) in [4.78, 5) is 23.5. The molecule has 0 aliphatic rings. The van der Waals surface area contributed by atoms with Gasteiger partial charge in [0, 0.05) is 36.9 Å². The Morgan fingerprint density at radius 1 is 1.16 bits per heavy atom. The lowest BCUT2D eigenvalue weighted by Crippen LogP contribution is -2.33. The van der Waals surface area contributed by atoms with Crippen molar-refractivity contribution < 1.29 is 4.79 Å². The maximum atomic E-state index is 11.1. The molecule has 4 N–H and O–H groups in total. The van der Waals surface area contributed by atoms with Crippen LogP contribution in [0.3, 0.4) is 0 Å². The standard InChI is InChI=1S/C17H19ClN6O/c1-19-17(25)22-9-2-8-20-15-13-7-10-21-16(13)24-14(23-15)11-3-5-12(18)6-4-11/h3-7,10H,2,8-9H2,1H3,(H2,19,22,25)(H2,20,21,23,24). The van der Waals surface area contributed by atoms with E-state index in [1.165, 1.54) is 0 Å². The molecule has 0 saturated carbocycles. The van der Waals surface area contributed by atoms with Crippen molar-refractivity contribution in [3.05, 3.63) is 41.6 Å². The lowest BCUT2D eigenvalue weighted by Gasteiger charge is -2.09. The Bertz CT molecular complexity index is 861. The summed E-state index contributed by atoms with van der Waals surface area (Å²) < 4.78 is 0. The van der Waals surface area contributed by atoms with E-state index in [0.29, 0.717) is 23.9 Å². The minimum absolute atomic E-state index is 0.180. The first-order valence-corrected chi connectivity index (χ1v) is 8.35. The molecule has 0 aliphatic carbocycles. The summed E-state index contributed by atoms with van der Waals surface area (Å²) in [6.45, 7) is 1.26. The molecule has 0 atom stereocenters. The number of amides is 2. The van der Waals surface area contributed by atoms with E-state index in [2.05, 4.69) is 30.9 Å². The van der Waals surface area contributed by atoms with Gasteiger partial charge in [0.2, 0.25) is 0 Å². The fraction of sp³-hybridized carbons (Fsp3) is 0.235. The second-order valence-corrected chi connectivity index (χ2v) is 5.87. The van der Waals surface area contributed by atoms with E-state index in [1.54, 1.807) is 7.05 Å². The number of nitrogens with zero attached hydrogens (tertiary/aromatic N) is 2. The third-order valence-electron chi connectivity index (χ3n) is 3.68. The maximum absolute atomic E-state index is 11.1. The molecule has 0 saturated heterocycles. The third-order valence-corrected chi connectivity index (χ3v) is 3.93. The van der Waals surface area contributed by atoms with Crippen LogP contribution in [0.25, 0.3) is 22.4 Å². The number of hydrogen-bond acceptors (Lipinski definition) is 4. The van der Waals surface area contributed by atoms with Crippen molar-refractivity contribution in [2.75, 3.05) is 25.5 Å². The quantitative estimate of drug-likeness (QED) is 0.509. The molecule has 0 fully saturated rings. The summed E-state index contributed by atoms with van der Waals surface area (Å²) in [5.74, 6) is 1.38. The summed E-state index contributed by atoms with van der Waals surface area (Å²) in [5, 5.41) is 10.2. The number of benzene rings is 1. The predicted molar refractivity (Wildman–Crippen MR) is 99.9 cm³/mol. The molecule has 0 aliphatic heterocycles. The number of carbonyl (C=O) groups excluding carboxylic acids is 1. The molecule has 3 aromatic rings. The second kappa shape index (κ2) is 7.85. The van der Waals surface area contributed by atoms with Crippen LogP contribution in [0.1, 0.15) is 6.42 Å². The number of fused-ring (bicyclic) bond motifs is 1. The predicted octanol–water partition coefficient (Wildman–Crippen LogP) is 3.01. The number of aromatic amines is 1. The van der Waals surface area contributed by atoms with Crippen molar-refractivity contribution in [2.45, 2.75) is 6.42 Å². The summed E-state index contributed by atoms with van der Waals surface area (Å²) in [7, 11) is 1.59. The van der Waals surface area contributed by atoms with Crippen LogP contribution in [-0.4, -0.2) is 41.1 Å². The van der Waals surface area contributed by atoms with Gasteiger partial charge in [-0.1, -0.05) is 11.6 Å². The Morgan fingerprint density at radius 3 is 2.72 bits per heavy atom. The number of urea groups is 1. The van der Waals surface area contributed by atoms with Gasteiger partial charge in [0.15, 0.2) is 5.82 Å². The van der Waals surface area contributed by atoms with Gasteiger partial charge in [-0.05, 0) is 36.8 Å². The summed E-state index contributed by atoms with van der Waals surface area (Å²) in [6, 6.07) is 9.17. The van der Waals surface area contributed by atoms with Gasteiger partial charge in [0.25, 0.3) is 0 Å². The molecular weight excluding hydrogens is 340 g/mol. The van der Waals surface area contributed by atoms with Crippen molar-refractivity contribution in [1.29, 1.82) is 0 Å². The molecule has 0 radical (unpaired) electrons. The van der Waals surface area contributed by atoms with Crippen LogP contribution in [-0.2, 0) is 0 Å². The lowest BCUT2D eigenvalue weighted by atomic mass is 10.2. The number of nitrogens with one attached hydrogen (secondary N) is 4. The number of carbonyl (C=O) groups is 1. The van der Waals surface area contributed by atoms with E-state index >= 15 is 0 Å². The highest BCUT2D eigenvalue weighted by Gasteiger charge is 2.10. The minimum Gasteiger partial charge on any atom is -0.369 e. The van der Waals surface area contributed by atoms with E-state index < -0.39 is 0 Å². The van der Waals surface area contributed by atoms with Crippen LogP contribution >= 0.6 is 11.6 Å². The fourth-order valence-electron chi connectivity index (χ4n) is 2.39. The Kier molecular flexibility index (Phi) is 5.35. The van der Waals surface area contributed by atoms with Crippen LogP contribution in [0.4, 0.5) is 10.6 Å². The molecule has 1 aromatic carbocycles. The highest BCUT2D eigenvalue weighted by Crippen LogP contribution is 2.25. The van der Waals surface area contributed by atoms with Crippen LogP contribution in [0.15, 0.2) is 36.5 Å². The Morgan fingerprint density at radius 2 is 1.96 bits per heavy atom. The van der Waals surface area contributed by atoms with Crippen LogP contribution in [0.2, 0.25) is 5.02 Å². The zero-order valence-corrected chi connectivity index (χ0v) is 14.5. The van der Waals surface area contributed by atoms with Gasteiger partial charge in [-0.2, -0.15) is 0 Å².